The first-order valence-corrected chi connectivity index (χ1v) is 4.70. The van der Waals surface area contributed by atoms with E-state index in [-0.39, 0.29) is 5.69 Å². The second-order valence-corrected chi connectivity index (χ2v) is 3.24. The van der Waals surface area contributed by atoms with Gasteiger partial charge in [0.2, 0.25) is 0 Å². The summed E-state index contributed by atoms with van der Waals surface area (Å²) in [5, 5.41) is 10.4. The van der Waals surface area contributed by atoms with E-state index in [9.17, 15) is 10.1 Å². The van der Waals surface area contributed by atoms with Crippen molar-refractivity contribution in [1.82, 2.24) is 0 Å². The van der Waals surface area contributed by atoms with E-state index >= 15 is 0 Å². The van der Waals surface area contributed by atoms with Crippen LogP contribution in [0.5, 0.6) is 5.75 Å². The van der Waals surface area contributed by atoms with Crippen LogP contribution < -0.4 is 4.74 Å². The third-order valence-corrected chi connectivity index (χ3v) is 1.96. The minimum atomic E-state index is -0.455. The summed E-state index contributed by atoms with van der Waals surface area (Å²) in [4.78, 5) is 10.4. The fourth-order valence-corrected chi connectivity index (χ4v) is 1.22. The van der Waals surface area contributed by atoms with Gasteiger partial charge in [0.05, 0.1) is 16.4 Å². The van der Waals surface area contributed by atoms with Crippen LogP contribution in [0.3, 0.4) is 0 Å². The van der Waals surface area contributed by atoms with Crippen molar-refractivity contribution in [3.63, 3.8) is 0 Å². The van der Waals surface area contributed by atoms with E-state index in [2.05, 4.69) is 12.6 Å². The van der Waals surface area contributed by atoms with Crippen molar-refractivity contribution < 1.29 is 9.66 Å². The Morgan fingerprint density at radius 1 is 1.57 bits per heavy atom. The third-order valence-electron chi connectivity index (χ3n) is 1.62. The number of thiol groups is 1. The molecule has 0 spiro atoms. The number of ether oxygens (including phenoxy) is 1. The highest BCUT2D eigenvalue weighted by atomic mass is 32.1. The van der Waals surface area contributed by atoms with Crippen LogP contribution in [0.25, 0.3) is 0 Å². The predicted molar refractivity (Wildman–Crippen MR) is 56.1 cm³/mol. The normalized spacial score (nSPS) is 9.86. The molecule has 4 nitrogen and oxygen atoms in total. The number of nitro groups is 1. The van der Waals surface area contributed by atoms with E-state index in [0.717, 1.165) is 6.42 Å². The van der Waals surface area contributed by atoms with Crippen molar-refractivity contribution in [2.24, 2.45) is 0 Å². The van der Waals surface area contributed by atoms with Gasteiger partial charge in [-0.2, -0.15) is 0 Å². The molecular weight excluding hydrogens is 202 g/mol. The van der Waals surface area contributed by atoms with Crippen molar-refractivity contribution in [2.75, 3.05) is 6.61 Å². The number of hydrogen-bond donors (Lipinski definition) is 1. The van der Waals surface area contributed by atoms with Crippen molar-refractivity contribution in [3.05, 3.63) is 28.3 Å². The lowest BCUT2D eigenvalue weighted by atomic mass is 10.3. The van der Waals surface area contributed by atoms with E-state index < -0.39 is 4.92 Å². The Balaban J connectivity index is 2.84. The number of non-ortho nitro benzene ring substituents is 1. The summed E-state index contributed by atoms with van der Waals surface area (Å²) in [6.07, 6.45) is 0.893. The Labute approximate surface area is 87.4 Å². The second-order valence-electron chi connectivity index (χ2n) is 2.76. The maximum atomic E-state index is 10.4. The van der Waals surface area contributed by atoms with Crippen LogP contribution in [0, 0.1) is 10.1 Å². The molecule has 14 heavy (non-hydrogen) atoms. The van der Waals surface area contributed by atoms with Crippen molar-refractivity contribution in [2.45, 2.75) is 18.2 Å². The van der Waals surface area contributed by atoms with Gasteiger partial charge in [-0.15, -0.1) is 12.6 Å². The quantitative estimate of drug-likeness (QED) is 0.475. The lowest BCUT2D eigenvalue weighted by molar-refractivity contribution is -0.385. The smallest absolute Gasteiger partial charge is 0.270 e. The number of nitro benzene ring substituents is 1. The van der Waals surface area contributed by atoms with Gasteiger partial charge in [0.1, 0.15) is 5.75 Å². The first-order valence-electron chi connectivity index (χ1n) is 4.25. The predicted octanol–water partition coefficient (Wildman–Crippen LogP) is 2.67. The maximum absolute atomic E-state index is 10.4. The van der Waals surface area contributed by atoms with Crippen LogP contribution in [0.2, 0.25) is 0 Å². The Bertz CT molecular complexity index is 341. The van der Waals surface area contributed by atoms with Crippen molar-refractivity contribution in [3.8, 4) is 5.75 Å². The molecule has 0 aliphatic carbocycles. The van der Waals surface area contributed by atoms with Crippen molar-refractivity contribution in [1.29, 1.82) is 0 Å². The number of benzene rings is 1. The molecule has 0 aromatic heterocycles. The van der Waals surface area contributed by atoms with E-state index in [1.807, 2.05) is 6.92 Å². The molecule has 1 aromatic carbocycles. The molecule has 0 unspecified atom stereocenters. The van der Waals surface area contributed by atoms with Gasteiger partial charge >= 0.3 is 0 Å². The topological polar surface area (TPSA) is 52.4 Å². The molecule has 0 aliphatic rings. The standard InChI is InChI=1S/C9H11NO3S/c1-2-5-13-8-4-3-7(10(11)12)6-9(8)14/h3-4,6,14H,2,5H2,1H3. The van der Waals surface area contributed by atoms with Crippen LogP contribution in [-0.2, 0) is 0 Å². The van der Waals surface area contributed by atoms with Crippen LogP contribution in [-0.4, -0.2) is 11.5 Å². The zero-order valence-electron chi connectivity index (χ0n) is 7.77. The molecule has 0 atom stereocenters. The SMILES string of the molecule is CCCOc1ccc([N+](=O)[O-])cc1S. The molecule has 0 N–H and O–H groups in total. The summed E-state index contributed by atoms with van der Waals surface area (Å²) in [6.45, 7) is 2.58. The summed E-state index contributed by atoms with van der Waals surface area (Å²) in [6, 6.07) is 4.36. The van der Waals surface area contributed by atoms with Gasteiger partial charge in [-0.1, -0.05) is 6.92 Å². The molecule has 76 valence electrons. The molecule has 0 aliphatic heterocycles. The first-order chi connectivity index (χ1) is 6.65. The monoisotopic (exact) mass is 213 g/mol. The van der Waals surface area contributed by atoms with E-state index in [1.165, 1.54) is 12.1 Å². The number of rotatable bonds is 4. The van der Waals surface area contributed by atoms with Crippen LogP contribution >= 0.6 is 12.6 Å². The van der Waals surface area contributed by atoms with Crippen LogP contribution in [0.1, 0.15) is 13.3 Å². The van der Waals surface area contributed by atoms with Gasteiger partial charge in [-0.05, 0) is 12.5 Å². The summed E-state index contributed by atoms with van der Waals surface area (Å²) >= 11 is 4.11. The molecule has 1 rings (SSSR count). The van der Waals surface area contributed by atoms with Gasteiger partial charge < -0.3 is 4.74 Å². The van der Waals surface area contributed by atoms with E-state index in [1.54, 1.807) is 6.07 Å². The highest BCUT2D eigenvalue weighted by Gasteiger charge is 2.08. The first kappa shape index (κ1) is 10.8. The Hall–Kier alpha value is -1.23. The second kappa shape index (κ2) is 4.85. The molecule has 0 heterocycles. The number of hydrogen-bond acceptors (Lipinski definition) is 4. The lowest BCUT2D eigenvalue weighted by Gasteiger charge is -2.06. The molecule has 0 fully saturated rings. The molecule has 0 saturated carbocycles. The van der Waals surface area contributed by atoms with Gasteiger partial charge in [0, 0.05) is 12.1 Å². The molecule has 0 saturated heterocycles. The van der Waals surface area contributed by atoms with Crippen LogP contribution in [0.4, 0.5) is 5.69 Å². The largest absolute Gasteiger partial charge is 0.492 e. The highest BCUT2D eigenvalue weighted by molar-refractivity contribution is 7.80. The lowest BCUT2D eigenvalue weighted by Crippen LogP contribution is -1.96. The Kier molecular flexibility index (Phi) is 3.76. The maximum Gasteiger partial charge on any atom is 0.270 e. The van der Waals surface area contributed by atoms with E-state index in [0.29, 0.717) is 17.3 Å². The molecule has 5 heteroatoms. The average molecular weight is 213 g/mol. The molecular formula is C9H11NO3S. The Morgan fingerprint density at radius 3 is 2.79 bits per heavy atom. The Morgan fingerprint density at radius 2 is 2.29 bits per heavy atom. The zero-order chi connectivity index (χ0) is 10.6. The van der Waals surface area contributed by atoms with Gasteiger partial charge in [0.15, 0.2) is 0 Å². The summed E-state index contributed by atoms with van der Waals surface area (Å²) < 4.78 is 5.32. The fraction of sp³-hybridized carbons (Fsp3) is 0.333. The summed E-state index contributed by atoms with van der Waals surface area (Å²) in [5.41, 5.74) is 0.0267. The third kappa shape index (κ3) is 2.63. The van der Waals surface area contributed by atoms with Gasteiger partial charge in [-0.3, -0.25) is 10.1 Å². The van der Waals surface area contributed by atoms with Gasteiger partial charge in [0.25, 0.3) is 5.69 Å². The zero-order valence-corrected chi connectivity index (χ0v) is 8.66. The summed E-state index contributed by atoms with van der Waals surface area (Å²) in [7, 11) is 0. The number of nitrogens with zero attached hydrogens (tertiary/aromatic N) is 1. The van der Waals surface area contributed by atoms with Crippen molar-refractivity contribution >= 4 is 18.3 Å². The minimum absolute atomic E-state index is 0.0267. The molecule has 1 aromatic rings. The highest BCUT2D eigenvalue weighted by Crippen LogP contribution is 2.27. The molecule has 0 radical (unpaired) electrons. The van der Waals surface area contributed by atoms with Gasteiger partial charge in [-0.25, -0.2) is 0 Å². The fourth-order valence-electron chi connectivity index (χ4n) is 0.953. The van der Waals surface area contributed by atoms with Crippen LogP contribution in [0.15, 0.2) is 23.1 Å². The molecule has 0 bridgehead atoms. The minimum Gasteiger partial charge on any atom is -0.492 e. The van der Waals surface area contributed by atoms with E-state index in [4.69, 9.17) is 4.74 Å². The summed E-state index contributed by atoms with van der Waals surface area (Å²) in [5.74, 6) is 0.584. The average Bonchev–Trinajstić information content (AvgIpc) is 2.15. The molecule has 0 amide bonds.